The topological polar surface area (TPSA) is 59.0 Å². The Kier molecular flexibility index (Phi) is 3.34. The molecule has 1 atom stereocenters. The van der Waals surface area contributed by atoms with E-state index in [1.807, 2.05) is 0 Å². The molecule has 0 aliphatic heterocycles. The normalized spacial score (nSPS) is 11.8. The van der Waals surface area contributed by atoms with Crippen molar-refractivity contribution in [2.45, 2.75) is 13.2 Å². The highest BCUT2D eigenvalue weighted by molar-refractivity contribution is 5.37. The van der Waals surface area contributed by atoms with E-state index >= 15 is 0 Å². The van der Waals surface area contributed by atoms with Gasteiger partial charge in [-0.2, -0.15) is 0 Å². The van der Waals surface area contributed by atoms with E-state index in [2.05, 4.69) is 10.0 Å². The van der Waals surface area contributed by atoms with Crippen molar-refractivity contribution in [2.75, 3.05) is 7.05 Å². The highest BCUT2D eigenvalue weighted by Gasteiger charge is 2.05. The molecule has 0 aromatic rings. The summed E-state index contributed by atoms with van der Waals surface area (Å²) in [6, 6.07) is 0. The molecule has 0 aliphatic carbocycles. The number of ether oxygens (including phenoxy) is 1. The van der Waals surface area contributed by atoms with Crippen LogP contribution in [-0.2, 0) is 9.53 Å². The van der Waals surface area contributed by atoms with Gasteiger partial charge in [-0.05, 0) is 6.92 Å². The minimum Gasteiger partial charge on any atom is -0.442 e. The smallest absolute Gasteiger partial charge is 0.295 e. The molecule has 0 radical (unpaired) electrons. The fourth-order valence-electron chi connectivity index (χ4n) is 0.235. The monoisotopic (exact) mass is 132 g/mol. The van der Waals surface area contributed by atoms with Gasteiger partial charge >= 0.3 is 0 Å². The summed E-state index contributed by atoms with van der Waals surface area (Å²) in [6.45, 7) is 1.81. The molecule has 0 aromatic carbocycles. The van der Waals surface area contributed by atoms with E-state index in [-0.39, 0.29) is 6.47 Å². The van der Waals surface area contributed by atoms with Crippen molar-refractivity contribution < 1.29 is 9.53 Å². The number of nitroso groups, excluding NO2 is 1. The van der Waals surface area contributed by atoms with E-state index in [0.717, 1.165) is 5.01 Å². The predicted molar refractivity (Wildman–Crippen MR) is 30.2 cm³/mol. The first-order valence-corrected chi connectivity index (χ1v) is 2.37. The van der Waals surface area contributed by atoms with Gasteiger partial charge in [-0.3, -0.25) is 4.79 Å². The van der Waals surface area contributed by atoms with E-state index in [1.165, 1.54) is 14.0 Å². The first-order valence-electron chi connectivity index (χ1n) is 2.37. The second kappa shape index (κ2) is 3.82. The highest BCUT2D eigenvalue weighted by atomic mass is 16.5. The van der Waals surface area contributed by atoms with Crippen molar-refractivity contribution >= 4 is 6.47 Å². The zero-order chi connectivity index (χ0) is 7.28. The van der Waals surface area contributed by atoms with Gasteiger partial charge in [0.05, 0.1) is 5.29 Å². The summed E-state index contributed by atoms with van der Waals surface area (Å²) in [7, 11) is 1.42. The molecule has 0 N–H and O–H groups in total. The standard InChI is InChI=1S/C4H8N2O3/c1-4(9-3-7)6(2)5-8/h3-4H,1-2H3/t4-/m1/s1. The number of hydrogen-bond acceptors (Lipinski definition) is 4. The van der Waals surface area contributed by atoms with E-state index in [9.17, 15) is 9.70 Å². The average Bonchev–Trinajstić information content (AvgIpc) is 1.87. The van der Waals surface area contributed by atoms with Crippen LogP contribution < -0.4 is 0 Å². The Bertz CT molecular complexity index is 106. The maximum Gasteiger partial charge on any atom is 0.295 e. The van der Waals surface area contributed by atoms with Gasteiger partial charge in [0, 0.05) is 7.05 Å². The third kappa shape index (κ3) is 2.63. The molecule has 0 amide bonds. The molecule has 0 saturated heterocycles. The van der Waals surface area contributed by atoms with Gasteiger partial charge in [0.25, 0.3) is 6.47 Å². The van der Waals surface area contributed by atoms with Crippen LogP contribution in [0.2, 0.25) is 0 Å². The Morgan fingerprint density at radius 1 is 1.78 bits per heavy atom. The Labute approximate surface area is 52.5 Å². The van der Waals surface area contributed by atoms with Gasteiger partial charge < -0.3 is 4.74 Å². The quantitative estimate of drug-likeness (QED) is 0.236. The van der Waals surface area contributed by atoms with E-state index < -0.39 is 6.23 Å². The highest BCUT2D eigenvalue weighted by Crippen LogP contribution is 1.93. The molecular formula is C4H8N2O3. The van der Waals surface area contributed by atoms with Crippen molar-refractivity contribution in [3.63, 3.8) is 0 Å². The summed E-state index contributed by atoms with van der Waals surface area (Å²) >= 11 is 0. The lowest BCUT2D eigenvalue weighted by molar-refractivity contribution is -0.140. The van der Waals surface area contributed by atoms with Crippen LogP contribution in [0.3, 0.4) is 0 Å². The summed E-state index contributed by atoms with van der Waals surface area (Å²) in [5, 5.41) is 3.50. The largest absolute Gasteiger partial charge is 0.442 e. The molecule has 0 aliphatic rings. The third-order valence-electron chi connectivity index (χ3n) is 0.908. The van der Waals surface area contributed by atoms with Gasteiger partial charge in [0.1, 0.15) is 0 Å². The van der Waals surface area contributed by atoms with Crippen LogP contribution in [0.1, 0.15) is 6.92 Å². The summed E-state index contributed by atoms with van der Waals surface area (Å²) < 4.78 is 4.35. The molecule has 0 aromatic heterocycles. The maximum atomic E-state index is 9.70. The van der Waals surface area contributed by atoms with Crippen molar-refractivity contribution in [3.8, 4) is 0 Å². The van der Waals surface area contributed by atoms with Gasteiger partial charge in [-0.1, -0.05) is 0 Å². The number of hydrogen-bond donors (Lipinski definition) is 0. The van der Waals surface area contributed by atoms with E-state index in [4.69, 9.17) is 0 Å². The lowest BCUT2D eigenvalue weighted by Gasteiger charge is -2.14. The van der Waals surface area contributed by atoms with Crippen molar-refractivity contribution in [1.82, 2.24) is 5.01 Å². The fourth-order valence-corrected chi connectivity index (χ4v) is 0.235. The minimum absolute atomic E-state index is 0.270. The van der Waals surface area contributed by atoms with Crippen LogP contribution in [0.5, 0.6) is 0 Å². The Balaban J connectivity index is 3.56. The number of nitrogens with zero attached hydrogens (tertiary/aromatic N) is 2. The lowest BCUT2D eigenvalue weighted by Crippen LogP contribution is -2.25. The van der Waals surface area contributed by atoms with Crippen molar-refractivity contribution in [1.29, 1.82) is 0 Å². The molecule has 0 bridgehead atoms. The first kappa shape index (κ1) is 7.87. The molecule has 0 saturated carbocycles. The maximum absolute atomic E-state index is 9.70. The van der Waals surface area contributed by atoms with Gasteiger partial charge in [0.15, 0.2) is 6.23 Å². The third-order valence-corrected chi connectivity index (χ3v) is 0.908. The van der Waals surface area contributed by atoms with Gasteiger partial charge in [-0.25, -0.2) is 5.01 Å². The SMILES string of the molecule is C[C@@H](OC=O)N(C)N=O. The van der Waals surface area contributed by atoms with Gasteiger partial charge in [0.2, 0.25) is 0 Å². The lowest BCUT2D eigenvalue weighted by atomic mass is 10.6. The number of carbonyl (C=O) groups excluding carboxylic acids is 1. The van der Waals surface area contributed by atoms with E-state index in [0.29, 0.717) is 0 Å². The zero-order valence-corrected chi connectivity index (χ0v) is 5.27. The first-order chi connectivity index (χ1) is 4.22. The summed E-state index contributed by atoms with van der Waals surface area (Å²) in [5.41, 5.74) is 0. The molecule has 0 spiro atoms. The van der Waals surface area contributed by atoms with Crippen LogP contribution in [0.25, 0.3) is 0 Å². The molecule has 0 fully saturated rings. The predicted octanol–water partition coefficient (Wildman–Crippen LogP) is 0.119. The van der Waals surface area contributed by atoms with E-state index in [1.54, 1.807) is 0 Å². The van der Waals surface area contributed by atoms with Crippen molar-refractivity contribution in [3.05, 3.63) is 4.91 Å². The number of carbonyl (C=O) groups is 1. The minimum atomic E-state index is -0.583. The second-order valence-electron chi connectivity index (χ2n) is 1.49. The Morgan fingerprint density at radius 2 is 2.33 bits per heavy atom. The van der Waals surface area contributed by atoms with Gasteiger partial charge in [-0.15, -0.1) is 4.91 Å². The fraction of sp³-hybridized carbons (Fsp3) is 0.750. The summed E-state index contributed by atoms with van der Waals surface area (Å²) in [6.07, 6.45) is -0.583. The van der Waals surface area contributed by atoms with Crippen LogP contribution in [0, 0.1) is 4.91 Å². The molecule has 9 heavy (non-hydrogen) atoms. The molecule has 5 nitrogen and oxygen atoms in total. The Morgan fingerprint density at radius 3 is 2.67 bits per heavy atom. The second-order valence-corrected chi connectivity index (χ2v) is 1.49. The molecule has 0 unspecified atom stereocenters. The molecule has 0 heterocycles. The van der Waals surface area contributed by atoms with Crippen LogP contribution in [0.4, 0.5) is 0 Å². The van der Waals surface area contributed by atoms with Crippen LogP contribution in [-0.4, -0.2) is 24.8 Å². The zero-order valence-electron chi connectivity index (χ0n) is 5.27. The summed E-state index contributed by atoms with van der Waals surface area (Å²) in [4.78, 5) is 19.3. The molecular weight excluding hydrogens is 124 g/mol. The number of rotatable bonds is 4. The molecule has 5 heteroatoms. The molecule has 0 rings (SSSR count). The summed E-state index contributed by atoms with van der Waals surface area (Å²) in [5.74, 6) is 0. The van der Waals surface area contributed by atoms with Crippen molar-refractivity contribution in [2.24, 2.45) is 5.29 Å². The van der Waals surface area contributed by atoms with Crippen LogP contribution >= 0.6 is 0 Å². The van der Waals surface area contributed by atoms with Crippen LogP contribution in [0.15, 0.2) is 5.29 Å². The molecule has 52 valence electrons. The Hall–Kier alpha value is -1.13. The average molecular weight is 132 g/mol.